The zero-order valence-electron chi connectivity index (χ0n) is 14.4. The van der Waals surface area contributed by atoms with Crippen LogP contribution in [0.4, 0.5) is 0 Å². The number of aromatic nitrogens is 1. The van der Waals surface area contributed by atoms with Gasteiger partial charge in [-0.05, 0) is 25.5 Å². The van der Waals surface area contributed by atoms with Crippen LogP contribution in [-0.4, -0.2) is 17.6 Å². The molecular weight excluding hydrogens is 429 g/mol. The number of esters is 1. The molecule has 132 valence electrons. The third kappa shape index (κ3) is 6.01. The van der Waals surface area contributed by atoms with Gasteiger partial charge in [0, 0.05) is 29.1 Å². The Bertz CT molecular complexity index is 727. The van der Waals surface area contributed by atoms with Crippen molar-refractivity contribution in [2.45, 2.75) is 20.3 Å². The van der Waals surface area contributed by atoms with Crippen LogP contribution < -0.4 is 0 Å². The molecule has 0 saturated carbocycles. The van der Waals surface area contributed by atoms with E-state index in [9.17, 15) is 4.79 Å². The van der Waals surface area contributed by atoms with E-state index in [-0.39, 0.29) is 24.0 Å². The Kier molecular flexibility index (Phi) is 8.91. The molecular formula is C20H22INO3. The number of nitrogens with zero attached hydrogens (tertiary/aromatic N) is 1. The van der Waals surface area contributed by atoms with Gasteiger partial charge in [0.15, 0.2) is 11.5 Å². The maximum absolute atomic E-state index is 12.1. The van der Waals surface area contributed by atoms with Gasteiger partial charge in [-0.2, -0.15) is 0 Å². The van der Waals surface area contributed by atoms with E-state index < -0.39 is 5.97 Å². The van der Waals surface area contributed by atoms with Gasteiger partial charge in [-0.25, -0.2) is 4.79 Å². The van der Waals surface area contributed by atoms with Crippen LogP contribution in [0.3, 0.4) is 0 Å². The number of carbonyl (C=O) groups excluding carboxylic acids is 1. The molecule has 5 heteroatoms. The zero-order chi connectivity index (χ0) is 17.4. The van der Waals surface area contributed by atoms with Gasteiger partial charge in [0.1, 0.15) is 0 Å². The Balaban J connectivity index is 0.00000312. The summed E-state index contributed by atoms with van der Waals surface area (Å²) in [5, 5.41) is 0. The number of ether oxygens (including phenoxy) is 2. The Hall–Kier alpha value is -2.15. The van der Waals surface area contributed by atoms with Gasteiger partial charge in [-0.1, -0.05) is 43.8 Å². The number of hydrogen-bond donors (Lipinski definition) is 0. The molecule has 0 aliphatic rings. The Morgan fingerprint density at radius 1 is 1.04 bits per heavy atom. The van der Waals surface area contributed by atoms with Gasteiger partial charge in [0.25, 0.3) is 0 Å². The van der Waals surface area contributed by atoms with E-state index in [2.05, 4.69) is 11.6 Å². The quantitative estimate of drug-likeness (QED) is 0.255. The van der Waals surface area contributed by atoms with Gasteiger partial charge >= 0.3 is 5.97 Å². The lowest BCUT2D eigenvalue weighted by Crippen LogP contribution is -2.08. The number of hydrogen-bond acceptors (Lipinski definition) is 4. The third-order valence-corrected chi connectivity index (χ3v) is 3.18. The van der Waals surface area contributed by atoms with Crippen LogP contribution in [0.1, 0.15) is 31.4 Å². The largest absolute Gasteiger partial charge is 0.489 e. The highest BCUT2D eigenvalue weighted by atomic mass is 127. The summed E-state index contributed by atoms with van der Waals surface area (Å²) in [5.74, 6) is 0.406. The van der Waals surface area contributed by atoms with Crippen LogP contribution in [0, 0.1) is 0 Å². The van der Waals surface area contributed by atoms with Gasteiger partial charge in [-0.15, -0.1) is 24.0 Å². The molecule has 1 aromatic carbocycles. The lowest BCUT2D eigenvalue weighted by molar-refractivity contribution is -0.132. The molecule has 0 N–H and O–H groups in total. The monoisotopic (exact) mass is 451 g/mol. The fraction of sp³-hybridized carbons (Fsp3) is 0.200. The van der Waals surface area contributed by atoms with Crippen molar-refractivity contribution in [3.05, 3.63) is 78.1 Å². The van der Waals surface area contributed by atoms with Crippen LogP contribution in [0.2, 0.25) is 0 Å². The van der Waals surface area contributed by atoms with Gasteiger partial charge in [0.05, 0.1) is 6.61 Å². The van der Waals surface area contributed by atoms with Crippen LogP contribution >= 0.6 is 24.0 Å². The van der Waals surface area contributed by atoms with E-state index >= 15 is 0 Å². The SMILES string of the molecule is C=C(C)C(=O)OC(=C(OCCC)c1ccncc1)c1ccccc1.I. The second-order valence-corrected chi connectivity index (χ2v) is 5.28. The Morgan fingerprint density at radius 3 is 2.20 bits per heavy atom. The maximum Gasteiger partial charge on any atom is 0.338 e. The van der Waals surface area contributed by atoms with Crippen molar-refractivity contribution in [1.29, 1.82) is 0 Å². The molecule has 4 nitrogen and oxygen atoms in total. The first-order chi connectivity index (χ1) is 11.6. The molecule has 0 bridgehead atoms. The smallest absolute Gasteiger partial charge is 0.338 e. The molecule has 0 aliphatic carbocycles. The maximum atomic E-state index is 12.1. The summed E-state index contributed by atoms with van der Waals surface area (Å²) in [5.41, 5.74) is 1.88. The molecule has 0 saturated heterocycles. The molecule has 0 unspecified atom stereocenters. The summed E-state index contributed by atoms with van der Waals surface area (Å²) in [6.07, 6.45) is 4.19. The molecule has 0 atom stereocenters. The predicted octanol–water partition coefficient (Wildman–Crippen LogP) is 5.07. The fourth-order valence-electron chi connectivity index (χ4n) is 1.99. The van der Waals surface area contributed by atoms with Crippen molar-refractivity contribution >= 4 is 41.5 Å². The molecule has 2 rings (SSSR count). The van der Waals surface area contributed by atoms with E-state index in [1.807, 2.05) is 49.4 Å². The fourth-order valence-corrected chi connectivity index (χ4v) is 1.99. The first-order valence-corrected chi connectivity index (χ1v) is 7.84. The van der Waals surface area contributed by atoms with Crippen LogP contribution in [-0.2, 0) is 14.3 Å². The number of carbonyl (C=O) groups is 1. The minimum atomic E-state index is -0.486. The number of pyridine rings is 1. The number of rotatable bonds is 7. The lowest BCUT2D eigenvalue weighted by atomic mass is 10.1. The van der Waals surface area contributed by atoms with E-state index in [0.29, 0.717) is 23.7 Å². The van der Waals surface area contributed by atoms with Gasteiger partial charge in [-0.3, -0.25) is 4.98 Å². The summed E-state index contributed by atoms with van der Waals surface area (Å²) < 4.78 is 11.5. The van der Waals surface area contributed by atoms with E-state index in [1.54, 1.807) is 19.3 Å². The summed E-state index contributed by atoms with van der Waals surface area (Å²) in [4.78, 5) is 16.1. The van der Waals surface area contributed by atoms with E-state index in [0.717, 1.165) is 17.5 Å². The minimum Gasteiger partial charge on any atom is -0.489 e. The molecule has 25 heavy (non-hydrogen) atoms. The first kappa shape index (κ1) is 20.9. The Labute approximate surface area is 165 Å². The normalized spacial score (nSPS) is 11.0. The van der Waals surface area contributed by atoms with Crippen LogP contribution in [0.5, 0.6) is 0 Å². The number of halogens is 1. The van der Waals surface area contributed by atoms with Crippen molar-refractivity contribution < 1.29 is 14.3 Å². The third-order valence-electron chi connectivity index (χ3n) is 3.18. The van der Waals surface area contributed by atoms with Gasteiger partial charge in [0.2, 0.25) is 0 Å². The molecule has 1 aromatic heterocycles. The molecule has 0 radical (unpaired) electrons. The van der Waals surface area contributed by atoms with Crippen molar-refractivity contribution in [3.63, 3.8) is 0 Å². The van der Waals surface area contributed by atoms with Crippen LogP contribution in [0.15, 0.2) is 67.0 Å². The van der Waals surface area contributed by atoms with Crippen molar-refractivity contribution in [3.8, 4) is 0 Å². The Morgan fingerprint density at radius 2 is 1.64 bits per heavy atom. The van der Waals surface area contributed by atoms with Crippen molar-refractivity contribution in [2.24, 2.45) is 0 Å². The summed E-state index contributed by atoms with van der Waals surface area (Å²) in [6, 6.07) is 13.1. The molecule has 0 spiro atoms. The predicted molar refractivity (Wildman–Crippen MR) is 110 cm³/mol. The van der Waals surface area contributed by atoms with E-state index in [1.165, 1.54) is 0 Å². The molecule has 0 fully saturated rings. The van der Waals surface area contributed by atoms with Crippen molar-refractivity contribution in [1.82, 2.24) is 4.98 Å². The lowest BCUT2D eigenvalue weighted by Gasteiger charge is -2.17. The molecule has 2 aromatic rings. The zero-order valence-corrected chi connectivity index (χ0v) is 16.7. The summed E-state index contributed by atoms with van der Waals surface area (Å²) >= 11 is 0. The molecule has 1 heterocycles. The number of benzene rings is 1. The highest BCUT2D eigenvalue weighted by Crippen LogP contribution is 2.29. The summed E-state index contributed by atoms with van der Waals surface area (Å²) in [7, 11) is 0. The average Bonchev–Trinajstić information content (AvgIpc) is 2.62. The van der Waals surface area contributed by atoms with Crippen molar-refractivity contribution in [2.75, 3.05) is 6.61 Å². The van der Waals surface area contributed by atoms with E-state index in [4.69, 9.17) is 9.47 Å². The highest BCUT2D eigenvalue weighted by molar-refractivity contribution is 14.0. The highest BCUT2D eigenvalue weighted by Gasteiger charge is 2.18. The standard InChI is InChI=1S/C20H21NO3.HI/c1-4-14-23-18(17-10-12-21-13-11-17)19(24-20(22)15(2)3)16-8-6-5-7-9-16;/h5-13H,2,4,14H2,1,3H3;1H. The minimum absolute atomic E-state index is 0. The first-order valence-electron chi connectivity index (χ1n) is 7.84. The van der Waals surface area contributed by atoms with Crippen LogP contribution in [0.25, 0.3) is 11.5 Å². The van der Waals surface area contributed by atoms with Gasteiger partial charge < -0.3 is 9.47 Å². The topological polar surface area (TPSA) is 48.4 Å². The average molecular weight is 451 g/mol. The second kappa shape index (κ2) is 10.7. The second-order valence-electron chi connectivity index (χ2n) is 5.28. The molecule has 0 aliphatic heterocycles. The summed E-state index contributed by atoms with van der Waals surface area (Å²) in [6.45, 7) is 7.80. The molecule has 0 amide bonds.